The minimum Gasteiger partial charge on any atom is -0.399 e. The molecule has 8 heteroatoms. The Morgan fingerprint density at radius 2 is 2.16 bits per heavy atom. The first-order valence-corrected chi connectivity index (χ1v) is 7.07. The Morgan fingerprint density at radius 1 is 1.42 bits per heavy atom. The highest BCUT2D eigenvalue weighted by Crippen LogP contribution is 2.16. The molecule has 3 N–H and O–H groups in total. The highest BCUT2D eigenvalue weighted by Gasteiger charge is 2.15. The van der Waals surface area contributed by atoms with E-state index in [0.29, 0.717) is 11.5 Å². The van der Waals surface area contributed by atoms with Crippen molar-refractivity contribution in [2.75, 3.05) is 5.73 Å². The Kier molecular flexibility index (Phi) is 3.54. The molecule has 0 saturated carbocycles. The lowest BCUT2D eigenvalue weighted by Gasteiger charge is -2.08. The third-order valence-electron chi connectivity index (χ3n) is 2.78. The topological polar surface area (TPSA) is 103 Å². The first-order chi connectivity index (χ1) is 8.90. The fraction of sp³-hybridized carbons (Fsp3) is 0.273. The molecule has 0 aliphatic rings. The molecule has 0 fully saturated rings. The second-order valence-electron chi connectivity index (χ2n) is 4.20. The predicted octanol–water partition coefficient (Wildman–Crippen LogP) is 0.184. The molecule has 0 amide bonds. The second kappa shape index (κ2) is 4.98. The zero-order valence-electron chi connectivity index (χ0n) is 10.7. The van der Waals surface area contributed by atoms with Crippen LogP contribution in [0.4, 0.5) is 5.69 Å². The highest BCUT2D eigenvalue weighted by atomic mass is 32.2. The second-order valence-corrected chi connectivity index (χ2v) is 5.97. The van der Waals surface area contributed by atoms with Gasteiger partial charge in [0, 0.05) is 12.7 Å². The Labute approximate surface area is 111 Å². The minimum atomic E-state index is -3.58. The van der Waals surface area contributed by atoms with Gasteiger partial charge in [-0.25, -0.2) is 13.1 Å². The Bertz CT molecular complexity index is 693. The van der Waals surface area contributed by atoms with Crippen LogP contribution in [0.3, 0.4) is 0 Å². The lowest BCUT2D eigenvalue weighted by molar-refractivity contribution is 0.577. The molecule has 0 atom stereocenters. The van der Waals surface area contributed by atoms with Crippen molar-refractivity contribution in [3.8, 4) is 0 Å². The van der Waals surface area contributed by atoms with E-state index < -0.39 is 10.0 Å². The van der Waals surface area contributed by atoms with E-state index in [-0.39, 0.29) is 11.4 Å². The summed E-state index contributed by atoms with van der Waals surface area (Å²) in [5.41, 5.74) is 6.95. The first kappa shape index (κ1) is 13.5. The van der Waals surface area contributed by atoms with E-state index in [4.69, 9.17) is 5.73 Å². The van der Waals surface area contributed by atoms with Crippen molar-refractivity contribution in [1.82, 2.24) is 19.5 Å². The monoisotopic (exact) mass is 281 g/mol. The third kappa shape index (κ3) is 2.91. The van der Waals surface area contributed by atoms with Crippen LogP contribution in [-0.4, -0.2) is 23.2 Å². The fourth-order valence-corrected chi connectivity index (χ4v) is 2.59. The van der Waals surface area contributed by atoms with Crippen LogP contribution in [0.5, 0.6) is 0 Å². The van der Waals surface area contributed by atoms with Gasteiger partial charge in [0.15, 0.2) is 0 Å². The summed E-state index contributed by atoms with van der Waals surface area (Å²) in [5, 5.41) is 7.49. The number of anilines is 1. The normalized spacial score (nSPS) is 11.7. The molecule has 2 rings (SSSR count). The van der Waals surface area contributed by atoms with Crippen LogP contribution in [0.1, 0.15) is 11.4 Å². The van der Waals surface area contributed by atoms with E-state index in [2.05, 4.69) is 14.9 Å². The van der Waals surface area contributed by atoms with Gasteiger partial charge in [-0.3, -0.25) is 0 Å². The van der Waals surface area contributed by atoms with Gasteiger partial charge in [-0.2, -0.15) is 0 Å². The molecule has 0 spiro atoms. The van der Waals surface area contributed by atoms with Crippen molar-refractivity contribution < 1.29 is 8.42 Å². The zero-order valence-corrected chi connectivity index (χ0v) is 11.5. The Morgan fingerprint density at radius 3 is 2.74 bits per heavy atom. The number of hydrogen-bond acceptors (Lipinski definition) is 5. The fourth-order valence-electron chi connectivity index (χ4n) is 1.53. The van der Waals surface area contributed by atoms with Crippen LogP contribution in [-0.2, 0) is 23.6 Å². The van der Waals surface area contributed by atoms with Gasteiger partial charge in [-0.1, -0.05) is 0 Å². The third-order valence-corrected chi connectivity index (χ3v) is 4.18. The lowest BCUT2D eigenvalue weighted by atomic mass is 10.2. The van der Waals surface area contributed by atoms with Gasteiger partial charge in [0.05, 0.1) is 11.4 Å². The molecule has 0 aliphatic carbocycles. The summed E-state index contributed by atoms with van der Waals surface area (Å²) in [5.74, 6) is 0.538. The van der Waals surface area contributed by atoms with Gasteiger partial charge in [-0.05, 0) is 30.7 Å². The van der Waals surface area contributed by atoms with E-state index >= 15 is 0 Å². The maximum atomic E-state index is 12.1. The number of nitrogens with one attached hydrogen (secondary N) is 1. The molecule has 2 aromatic rings. The predicted molar refractivity (Wildman–Crippen MR) is 70.6 cm³/mol. The highest BCUT2D eigenvalue weighted by molar-refractivity contribution is 7.89. The van der Waals surface area contributed by atoms with Gasteiger partial charge in [0.2, 0.25) is 10.0 Å². The van der Waals surface area contributed by atoms with Gasteiger partial charge < -0.3 is 10.3 Å². The summed E-state index contributed by atoms with van der Waals surface area (Å²) in [4.78, 5) is 0.182. The van der Waals surface area contributed by atoms with Crippen molar-refractivity contribution in [3.63, 3.8) is 0 Å². The molecule has 1 aromatic carbocycles. The minimum absolute atomic E-state index is 0.0856. The number of rotatable bonds is 4. The van der Waals surface area contributed by atoms with Crippen LogP contribution >= 0.6 is 0 Å². The van der Waals surface area contributed by atoms with Crippen LogP contribution in [0.15, 0.2) is 29.4 Å². The van der Waals surface area contributed by atoms with E-state index in [1.165, 1.54) is 18.5 Å². The molecular formula is C11H15N5O2S. The number of aryl methyl sites for hydroxylation is 2. The quantitative estimate of drug-likeness (QED) is 0.778. The molecule has 102 valence electrons. The zero-order chi connectivity index (χ0) is 14.0. The average molecular weight is 281 g/mol. The summed E-state index contributed by atoms with van der Waals surface area (Å²) >= 11 is 0. The van der Waals surface area contributed by atoms with Gasteiger partial charge in [0.1, 0.15) is 12.2 Å². The molecule has 0 bridgehead atoms. The molecule has 0 unspecified atom stereocenters. The first-order valence-electron chi connectivity index (χ1n) is 5.59. The molecule has 0 saturated heterocycles. The summed E-state index contributed by atoms with van der Waals surface area (Å²) in [7, 11) is -1.83. The maximum Gasteiger partial charge on any atom is 0.240 e. The Balaban J connectivity index is 2.18. The molecule has 1 aromatic heterocycles. The van der Waals surface area contributed by atoms with Crippen molar-refractivity contribution in [1.29, 1.82) is 0 Å². The lowest BCUT2D eigenvalue weighted by Crippen LogP contribution is -2.24. The van der Waals surface area contributed by atoms with Crippen molar-refractivity contribution in [2.24, 2.45) is 7.05 Å². The molecule has 1 heterocycles. The van der Waals surface area contributed by atoms with Crippen LogP contribution in [0.25, 0.3) is 0 Å². The number of nitrogen functional groups attached to an aromatic ring is 1. The van der Waals surface area contributed by atoms with Gasteiger partial charge >= 0.3 is 0 Å². The van der Waals surface area contributed by atoms with Crippen LogP contribution in [0, 0.1) is 6.92 Å². The largest absolute Gasteiger partial charge is 0.399 e. The van der Waals surface area contributed by atoms with Gasteiger partial charge in [0.25, 0.3) is 0 Å². The number of aromatic nitrogens is 3. The van der Waals surface area contributed by atoms with E-state index in [9.17, 15) is 8.42 Å². The maximum absolute atomic E-state index is 12.1. The van der Waals surface area contributed by atoms with E-state index in [1.54, 1.807) is 24.6 Å². The van der Waals surface area contributed by atoms with E-state index in [1.807, 2.05) is 0 Å². The molecule has 7 nitrogen and oxygen atoms in total. The average Bonchev–Trinajstić information content (AvgIpc) is 2.76. The SMILES string of the molecule is Cc1cc(S(=O)(=O)NCc2nncn2C)ccc1N. The van der Waals surface area contributed by atoms with Crippen LogP contribution < -0.4 is 10.5 Å². The van der Waals surface area contributed by atoms with Crippen LogP contribution in [0.2, 0.25) is 0 Å². The Hall–Kier alpha value is -1.93. The summed E-state index contributed by atoms with van der Waals surface area (Å²) in [6.45, 7) is 1.85. The standard InChI is InChI=1S/C11H15N5O2S/c1-8-5-9(3-4-10(8)12)19(17,18)14-6-11-15-13-7-16(11)2/h3-5,7,14H,6,12H2,1-2H3. The smallest absolute Gasteiger partial charge is 0.240 e. The number of hydrogen-bond donors (Lipinski definition) is 2. The molecule has 0 radical (unpaired) electrons. The molecule has 0 aliphatic heterocycles. The molecular weight excluding hydrogens is 266 g/mol. The number of nitrogens with two attached hydrogens (primary N) is 1. The summed E-state index contributed by atoms with van der Waals surface area (Å²) in [6, 6.07) is 4.59. The van der Waals surface area contributed by atoms with E-state index in [0.717, 1.165) is 5.56 Å². The number of nitrogens with zero attached hydrogens (tertiary/aromatic N) is 3. The van der Waals surface area contributed by atoms with Gasteiger partial charge in [-0.15, -0.1) is 10.2 Å². The summed E-state index contributed by atoms with van der Waals surface area (Å²) < 4.78 is 28.3. The van der Waals surface area contributed by atoms with Crippen molar-refractivity contribution >= 4 is 15.7 Å². The molecule has 19 heavy (non-hydrogen) atoms. The van der Waals surface area contributed by atoms with Crippen molar-refractivity contribution in [2.45, 2.75) is 18.4 Å². The van der Waals surface area contributed by atoms with Crippen molar-refractivity contribution in [3.05, 3.63) is 35.9 Å². The number of benzene rings is 1. The summed E-state index contributed by atoms with van der Waals surface area (Å²) in [6.07, 6.45) is 1.51. The number of sulfonamides is 1.